The first-order valence-electron chi connectivity index (χ1n) is 10.3. The Balaban J connectivity index is 1.47. The Bertz CT molecular complexity index is 1160. The minimum absolute atomic E-state index is 0.218. The van der Waals surface area contributed by atoms with Crippen molar-refractivity contribution in [3.63, 3.8) is 0 Å². The smallest absolute Gasteiger partial charge is 0.338 e. The molecule has 0 spiro atoms. The molecular formula is C24H25N3O4S2. The third-order valence-corrected chi connectivity index (χ3v) is 7.03. The van der Waals surface area contributed by atoms with Crippen molar-refractivity contribution in [2.75, 3.05) is 18.5 Å². The van der Waals surface area contributed by atoms with E-state index in [4.69, 9.17) is 4.74 Å². The first-order chi connectivity index (χ1) is 15.8. The van der Waals surface area contributed by atoms with Gasteiger partial charge in [-0.05, 0) is 49.6 Å². The quantitative estimate of drug-likeness (QED) is 0.348. The second kappa shape index (κ2) is 11.6. The van der Waals surface area contributed by atoms with Gasteiger partial charge >= 0.3 is 5.97 Å². The first kappa shape index (κ1) is 24.5. The van der Waals surface area contributed by atoms with Crippen molar-refractivity contribution in [2.45, 2.75) is 30.9 Å². The van der Waals surface area contributed by atoms with E-state index in [0.717, 1.165) is 26.7 Å². The molecule has 3 aromatic rings. The lowest BCUT2D eigenvalue weighted by Crippen LogP contribution is -2.35. The van der Waals surface area contributed by atoms with E-state index in [1.807, 2.05) is 50.4 Å². The van der Waals surface area contributed by atoms with Crippen LogP contribution >= 0.6 is 23.1 Å². The van der Waals surface area contributed by atoms with Crippen LogP contribution in [0.3, 0.4) is 0 Å². The predicted octanol–water partition coefficient (Wildman–Crippen LogP) is 4.27. The van der Waals surface area contributed by atoms with E-state index in [2.05, 4.69) is 15.6 Å². The number of thiazole rings is 1. The van der Waals surface area contributed by atoms with Gasteiger partial charge < -0.3 is 15.4 Å². The highest BCUT2D eigenvalue weighted by Gasteiger charge is 2.15. The molecule has 0 atom stereocenters. The lowest BCUT2D eigenvalue weighted by atomic mass is 10.1. The highest BCUT2D eigenvalue weighted by molar-refractivity contribution is 8.00. The molecule has 0 aliphatic rings. The fraction of sp³-hybridized carbons (Fsp3) is 0.250. The molecule has 0 saturated heterocycles. The molecule has 0 saturated carbocycles. The number of carbonyl (C=O) groups excluding carboxylic acids is 3. The van der Waals surface area contributed by atoms with Crippen LogP contribution in [0.15, 0.2) is 52.2 Å². The van der Waals surface area contributed by atoms with E-state index in [9.17, 15) is 14.4 Å². The Morgan fingerprint density at radius 2 is 1.82 bits per heavy atom. The van der Waals surface area contributed by atoms with Crippen LogP contribution in [0.2, 0.25) is 0 Å². The molecule has 0 unspecified atom stereocenters. The molecular weight excluding hydrogens is 458 g/mol. The van der Waals surface area contributed by atoms with Crippen molar-refractivity contribution in [1.82, 2.24) is 10.3 Å². The molecule has 0 fully saturated rings. The van der Waals surface area contributed by atoms with Gasteiger partial charge in [-0.25, -0.2) is 9.78 Å². The SMILES string of the molecule is Cc1csc(SCc2ccccc2C(=O)OCC(=O)NCC(=O)Nc2cccc(C)c2C)n1. The van der Waals surface area contributed by atoms with Crippen LogP contribution in [0.1, 0.15) is 32.7 Å². The van der Waals surface area contributed by atoms with Crippen molar-refractivity contribution in [2.24, 2.45) is 0 Å². The average molecular weight is 484 g/mol. The Kier molecular flexibility index (Phi) is 8.62. The van der Waals surface area contributed by atoms with Gasteiger partial charge in [0.05, 0.1) is 12.1 Å². The molecule has 0 aliphatic carbocycles. The fourth-order valence-corrected chi connectivity index (χ4v) is 4.76. The minimum Gasteiger partial charge on any atom is -0.452 e. The number of esters is 1. The van der Waals surface area contributed by atoms with E-state index < -0.39 is 18.5 Å². The molecule has 1 aromatic heterocycles. The van der Waals surface area contributed by atoms with E-state index in [1.165, 1.54) is 11.8 Å². The maximum absolute atomic E-state index is 12.5. The molecule has 2 aromatic carbocycles. The van der Waals surface area contributed by atoms with E-state index in [0.29, 0.717) is 17.0 Å². The molecule has 1 heterocycles. The Morgan fingerprint density at radius 1 is 1.03 bits per heavy atom. The summed E-state index contributed by atoms with van der Waals surface area (Å²) in [4.78, 5) is 41.2. The summed E-state index contributed by atoms with van der Waals surface area (Å²) in [7, 11) is 0. The summed E-state index contributed by atoms with van der Waals surface area (Å²) < 4.78 is 6.09. The van der Waals surface area contributed by atoms with E-state index in [-0.39, 0.29) is 12.5 Å². The molecule has 7 nitrogen and oxygen atoms in total. The van der Waals surface area contributed by atoms with Crippen LogP contribution in [0.4, 0.5) is 5.69 Å². The molecule has 9 heteroatoms. The van der Waals surface area contributed by atoms with Crippen molar-refractivity contribution in [3.05, 3.63) is 75.8 Å². The maximum Gasteiger partial charge on any atom is 0.338 e. The van der Waals surface area contributed by atoms with Crippen LogP contribution in [-0.2, 0) is 20.1 Å². The van der Waals surface area contributed by atoms with Crippen LogP contribution in [0.25, 0.3) is 0 Å². The van der Waals surface area contributed by atoms with Gasteiger partial charge in [-0.3, -0.25) is 9.59 Å². The van der Waals surface area contributed by atoms with Gasteiger partial charge in [0.1, 0.15) is 4.34 Å². The maximum atomic E-state index is 12.5. The number of amides is 2. The number of carbonyl (C=O) groups is 3. The molecule has 172 valence electrons. The highest BCUT2D eigenvalue weighted by Crippen LogP contribution is 2.27. The highest BCUT2D eigenvalue weighted by atomic mass is 32.2. The van der Waals surface area contributed by atoms with Gasteiger partial charge in [0.25, 0.3) is 5.91 Å². The summed E-state index contributed by atoms with van der Waals surface area (Å²) in [6.07, 6.45) is 0. The predicted molar refractivity (Wildman–Crippen MR) is 131 cm³/mol. The standard InChI is InChI=1S/C24H25N3O4S2/c1-15-7-6-10-20(17(15)3)27-21(28)11-25-22(29)12-31-23(30)19-9-5-4-8-18(19)14-33-24-26-16(2)13-32-24/h4-10,13H,11-12,14H2,1-3H3,(H,25,29)(H,27,28). The summed E-state index contributed by atoms with van der Waals surface area (Å²) in [5.74, 6) is -0.938. The third kappa shape index (κ3) is 7.16. The van der Waals surface area contributed by atoms with Gasteiger partial charge in [-0.15, -0.1) is 11.3 Å². The largest absolute Gasteiger partial charge is 0.452 e. The number of aromatic nitrogens is 1. The average Bonchev–Trinajstić information content (AvgIpc) is 3.23. The Hall–Kier alpha value is -3.17. The first-order valence-corrected chi connectivity index (χ1v) is 12.1. The van der Waals surface area contributed by atoms with Crippen molar-refractivity contribution in [3.8, 4) is 0 Å². The molecule has 2 amide bonds. The Morgan fingerprint density at radius 3 is 2.58 bits per heavy atom. The van der Waals surface area contributed by atoms with Gasteiger partial charge in [0, 0.05) is 22.5 Å². The number of rotatable bonds is 9. The second-order valence-electron chi connectivity index (χ2n) is 7.35. The second-order valence-corrected chi connectivity index (χ2v) is 9.43. The molecule has 33 heavy (non-hydrogen) atoms. The number of anilines is 1. The van der Waals surface area contributed by atoms with Gasteiger partial charge in [0.2, 0.25) is 5.91 Å². The molecule has 0 aliphatic heterocycles. The van der Waals surface area contributed by atoms with Crippen molar-refractivity contribution < 1.29 is 19.1 Å². The summed E-state index contributed by atoms with van der Waals surface area (Å²) >= 11 is 3.10. The topological polar surface area (TPSA) is 97.4 Å². The normalized spacial score (nSPS) is 10.5. The third-order valence-electron chi connectivity index (χ3n) is 4.85. The molecule has 0 bridgehead atoms. The number of thioether (sulfide) groups is 1. The van der Waals surface area contributed by atoms with Crippen molar-refractivity contribution in [1.29, 1.82) is 0 Å². The van der Waals surface area contributed by atoms with Crippen LogP contribution in [0.5, 0.6) is 0 Å². The summed E-state index contributed by atoms with van der Waals surface area (Å²) in [5.41, 5.74) is 4.89. The van der Waals surface area contributed by atoms with Gasteiger partial charge in [-0.2, -0.15) is 0 Å². The molecule has 3 rings (SSSR count). The van der Waals surface area contributed by atoms with Gasteiger partial charge in [-0.1, -0.05) is 42.1 Å². The van der Waals surface area contributed by atoms with Crippen LogP contribution < -0.4 is 10.6 Å². The number of aryl methyl sites for hydroxylation is 2. The zero-order valence-corrected chi connectivity index (χ0v) is 20.3. The lowest BCUT2D eigenvalue weighted by Gasteiger charge is -2.11. The monoisotopic (exact) mass is 483 g/mol. The molecule has 2 N–H and O–H groups in total. The molecule has 0 radical (unpaired) electrons. The van der Waals surface area contributed by atoms with Crippen LogP contribution in [-0.4, -0.2) is 35.9 Å². The van der Waals surface area contributed by atoms with Gasteiger partial charge in [0.15, 0.2) is 6.61 Å². The number of ether oxygens (including phenoxy) is 1. The summed E-state index contributed by atoms with van der Waals surface area (Å²) in [5, 5.41) is 7.21. The Labute approximate surface area is 201 Å². The summed E-state index contributed by atoms with van der Waals surface area (Å²) in [6.45, 7) is 5.12. The number of nitrogens with one attached hydrogen (secondary N) is 2. The number of nitrogens with zero attached hydrogens (tertiary/aromatic N) is 1. The van der Waals surface area contributed by atoms with E-state index >= 15 is 0 Å². The zero-order valence-electron chi connectivity index (χ0n) is 18.6. The van der Waals surface area contributed by atoms with E-state index in [1.54, 1.807) is 29.5 Å². The fourth-order valence-electron chi connectivity index (χ4n) is 2.90. The number of hydrogen-bond donors (Lipinski definition) is 2. The minimum atomic E-state index is -0.587. The lowest BCUT2D eigenvalue weighted by molar-refractivity contribution is -0.126. The number of benzene rings is 2. The zero-order chi connectivity index (χ0) is 23.8. The number of hydrogen-bond acceptors (Lipinski definition) is 7. The van der Waals surface area contributed by atoms with Crippen molar-refractivity contribution >= 4 is 46.6 Å². The van der Waals surface area contributed by atoms with Crippen LogP contribution in [0, 0.1) is 20.8 Å². The summed E-state index contributed by atoms with van der Waals surface area (Å²) in [6, 6.07) is 12.7.